The number of benzene rings is 1. The molecule has 0 aliphatic carbocycles. The number of para-hydroxylation sites is 1. The third-order valence-corrected chi connectivity index (χ3v) is 4.79. The van der Waals surface area contributed by atoms with Crippen LogP contribution in [0.25, 0.3) is 0 Å². The number of hydrogen-bond acceptors (Lipinski definition) is 5. The summed E-state index contributed by atoms with van der Waals surface area (Å²) in [6, 6.07) is 12.3. The number of nitrogens with zero attached hydrogens (tertiary/aromatic N) is 2. The van der Waals surface area contributed by atoms with Gasteiger partial charge in [-0.15, -0.1) is 0 Å². The Labute approximate surface area is 151 Å². The fourth-order valence-corrected chi connectivity index (χ4v) is 3.31. The highest BCUT2D eigenvalue weighted by Gasteiger charge is 2.39. The van der Waals surface area contributed by atoms with Crippen molar-refractivity contribution in [2.75, 3.05) is 33.4 Å². The number of ether oxygens (including phenoxy) is 2. The predicted molar refractivity (Wildman–Crippen MR) is 92.0 cm³/mol. The molecule has 1 aromatic heterocycles. The highest BCUT2D eigenvalue weighted by Crippen LogP contribution is 2.26. The monoisotopic (exact) mass is 356 g/mol. The largest absolute Gasteiger partial charge is 0.426 e. The molecule has 7 heteroatoms. The van der Waals surface area contributed by atoms with E-state index in [9.17, 15) is 9.59 Å². The van der Waals surface area contributed by atoms with Crippen LogP contribution in [0.1, 0.15) is 10.6 Å². The lowest BCUT2D eigenvalue weighted by Gasteiger charge is -2.28. The molecule has 0 unspecified atom stereocenters. The Hall–Kier alpha value is -2.80. The molecule has 2 amide bonds. The SMILES string of the molecule is CN1C(=O)[C@H]2COC[C@@H]1CN(C(=O)c1ccc(Oc3ccccc3)o1)C2. The summed E-state index contributed by atoms with van der Waals surface area (Å²) in [6.07, 6.45) is 0. The van der Waals surface area contributed by atoms with Gasteiger partial charge < -0.3 is 23.7 Å². The van der Waals surface area contributed by atoms with Crippen LogP contribution in [0, 0.1) is 5.92 Å². The first kappa shape index (κ1) is 16.7. The number of amides is 2. The molecule has 1 aromatic carbocycles. The number of furan rings is 1. The summed E-state index contributed by atoms with van der Waals surface area (Å²) in [5.41, 5.74) is 0. The van der Waals surface area contributed by atoms with Gasteiger partial charge in [-0.05, 0) is 18.2 Å². The summed E-state index contributed by atoms with van der Waals surface area (Å²) in [5.74, 6) is 0.530. The number of fused-ring (bicyclic) bond motifs is 3. The van der Waals surface area contributed by atoms with Crippen LogP contribution in [0.5, 0.6) is 11.7 Å². The van der Waals surface area contributed by atoms with Crippen LogP contribution < -0.4 is 4.74 Å². The molecule has 2 bridgehead atoms. The minimum atomic E-state index is -0.341. The Morgan fingerprint density at radius 1 is 1.12 bits per heavy atom. The molecule has 7 nitrogen and oxygen atoms in total. The Balaban J connectivity index is 1.50. The Morgan fingerprint density at radius 3 is 2.73 bits per heavy atom. The second-order valence-electron chi connectivity index (χ2n) is 6.58. The first-order valence-electron chi connectivity index (χ1n) is 8.58. The van der Waals surface area contributed by atoms with Crippen LogP contribution in [0.2, 0.25) is 0 Å². The van der Waals surface area contributed by atoms with Crippen molar-refractivity contribution in [3.63, 3.8) is 0 Å². The number of hydrogen-bond donors (Lipinski definition) is 0. The molecule has 26 heavy (non-hydrogen) atoms. The van der Waals surface area contributed by atoms with Crippen LogP contribution >= 0.6 is 0 Å². The van der Waals surface area contributed by atoms with Crippen molar-refractivity contribution in [3.8, 4) is 11.7 Å². The van der Waals surface area contributed by atoms with E-state index in [4.69, 9.17) is 13.9 Å². The van der Waals surface area contributed by atoms with E-state index in [2.05, 4.69) is 0 Å². The molecule has 2 aliphatic rings. The van der Waals surface area contributed by atoms with Gasteiger partial charge in [-0.25, -0.2) is 0 Å². The Kier molecular flexibility index (Phi) is 4.38. The fourth-order valence-electron chi connectivity index (χ4n) is 3.31. The van der Waals surface area contributed by atoms with E-state index in [1.54, 1.807) is 41.1 Å². The smallest absolute Gasteiger partial charge is 0.290 e. The van der Waals surface area contributed by atoms with Crippen molar-refractivity contribution < 1.29 is 23.5 Å². The highest BCUT2D eigenvalue weighted by atomic mass is 16.6. The van der Waals surface area contributed by atoms with E-state index in [0.29, 0.717) is 32.1 Å². The van der Waals surface area contributed by atoms with Crippen molar-refractivity contribution >= 4 is 11.8 Å². The van der Waals surface area contributed by atoms with Crippen molar-refractivity contribution in [2.24, 2.45) is 5.92 Å². The van der Waals surface area contributed by atoms with Gasteiger partial charge in [-0.2, -0.15) is 0 Å². The molecule has 2 fully saturated rings. The van der Waals surface area contributed by atoms with Crippen LogP contribution in [0.3, 0.4) is 0 Å². The van der Waals surface area contributed by atoms with Gasteiger partial charge >= 0.3 is 0 Å². The first-order valence-corrected chi connectivity index (χ1v) is 8.58. The Morgan fingerprint density at radius 2 is 1.92 bits per heavy atom. The number of rotatable bonds is 3. The molecule has 3 heterocycles. The summed E-state index contributed by atoms with van der Waals surface area (Å²) in [5, 5.41) is 0. The van der Waals surface area contributed by atoms with Crippen molar-refractivity contribution in [2.45, 2.75) is 6.04 Å². The average Bonchev–Trinajstić information content (AvgIpc) is 3.00. The molecular formula is C19H20N2O5. The molecular weight excluding hydrogens is 336 g/mol. The molecule has 0 saturated carbocycles. The second kappa shape index (κ2) is 6.84. The molecule has 2 aliphatic heterocycles. The minimum absolute atomic E-state index is 0.0235. The second-order valence-corrected chi connectivity index (χ2v) is 6.58. The Bertz CT molecular complexity index is 803. The third-order valence-electron chi connectivity index (χ3n) is 4.79. The van der Waals surface area contributed by atoms with E-state index >= 15 is 0 Å². The summed E-state index contributed by atoms with van der Waals surface area (Å²) in [4.78, 5) is 28.6. The highest BCUT2D eigenvalue weighted by molar-refractivity contribution is 5.92. The van der Waals surface area contributed by atoms with Gasteiger partial charge in [-0.1, -0.05) is 18.2 Å². The zero-order valence-electron chi connectivity index (χ0n) is 14.5. The van der Waals surface area contributed by atoms with Crippen LogP contribution in [-0.2, 0) is 9.53 Å². The lowest BCUT2D eigenvalue weighted by Crippen LogP contribution is -2.45. The van der Waals surface area contributed by atoms with Crippen molar-refractivity contribution in [3.05, 3.63) is 48.2 Å². The van der Waals surface area contributed by atoms with Crippen molar-refractivity contribution in [1.29, 1.82) is 0 Å². The fraction of sp³-hybridized carbons (Fsp3) is 0.368. The van der Waals surface area contributed by atoms with Gasteiger partial charge in [0, 0.05) is 26.2 Å². The lowest BCUT2D eigenvalue weighted by molar-refractivity contribution is -0.133. The molecule has 2 saturated heterocycles. The third kappa shape index (κ3) is 3.17. The van der Waals surface area contributed by atoms with E-state index in [1.807, 2.05) is 18.2 Å². The molecule has 136 valence electrons. The van der Waals surface area contributed by atoms with Gasteiger partial charge in [0.2, 0.25) is 5.91 Å². The maximum atomic E-state index is 12.9. The summed E-state index contributed by atoms with van der Waals surface area (Å²) in [7, 11) is 1.77. The topological polar surface area (TPSA) is 72.2 Å². The van der Waals surface area contributed by atoms with E-state index in [-0.39, 0.29) is 35.5 Å². The number of carbonyl (C=O) groups is 2. The van der Waals surface area contributed by atoms with Gasteiger partial charge in [-0.3, -0.25) is 9.59 Å². The van der Waals surface area contributed by atoms with Gasteiger partial charge in [0.15, 0.2) is 5.76 Å². The van der Waals surface area contributed by atoms with Crippen LogP contribution in [0.4, 0.5) is 0 Å². The minimum Gasteiger partial charge on any atom is -0.426 e. The number of carbonyl (C=O) groups excluding carboxylic acids is 2. The van der Waals surface area contributed by atoms with Gasteiger partial charge in [0.25, 0.3) is 11.9 Å². The molecule has 0 radical (unpaired) electrons. The molecule has 0 N–H and O–H groups in total. The van der Waals surface area contributed by atoms with Crippen LogP contribution in [0.15, 0.2) is 46.9 Å². The number of likely N-dealkylation sites (N-methyl/N-ethyl adjacent to an activating group) is 1. The quantitative estimate of drug-likeness (QED) is 0.841. The predicted octanol–water partition coefficient (Wildman–Crippen LogP) is 2.00. The van der Waals surface area contributed by atoms with E-state index < -0.39 is 0 Å². The van der Waals surface area contributed by atoms with Gasteiger partial charge in [0.05, 0.1) is 25.2 Å². The maximum Gasteiger partial charge on any atom is 0.290 e. The normalized spacial score (nSPS) is 22.9. The van der Waals surface area contributed by atoms with Crippen LogP contribution in [-0.4, -0.2) is 61.0 Å². The summed E-state index contributed by atoms with van der Waals surface area (Å²) < 4.78 is 16.7. The molecule has 2 aromatic rings. The van der Waals surface area contributed by atoms with Gasteiger partial charge in [0.1, 0.15) is 5.75 Å². The lowest BCUT2D eigenvalue weighted by atomic mass is 10.1. The average molecular weight is 356 g/mol. The van der Waals surface area contributed by atoms with E-state index in [0.717, 1.165) is 0 Å². The standard InChI is InChI=1S/C19H20N2O5/c1-20-14-10-21(9-13(18(20)22)11-24-12-14)19(23)16-7-8-17(26-16)25-15-5-3-2-4-6-15/h2-8,13-14H,9-12H2,1H3/t13-,14+/m1/s1. The maximum absolute atomic E-state index is 12.9. The zero-order valence-corrected chi connectivity index (χ0v) is 14.5. The van der Waals surface area contributed by atoms with Crippen molar-refractivity contribution in [1.82, 2.24) is 9.80 Å². The first-order chi connectivity index (χ1) is 12.6. The summed E-state index contributed by atoms with van der Waals surface area (Å²) in [6.45, 7) is 1.52. The molecule has 0 spiro atoms. The molecule has 4 rings (SSSR count). The zero-order chi connectivity index (χ0) is 18.1. The molecule has 2 atom stereocenters. The summed E-state index contributed by atoms with van der Waals surface area (Å²) >= 11 is 0. The van der Waals surface area contributed by atoms with E-state index in [1.165, 1.54) is 0 Å².